The molecule has 1 aromatic heterocycles. The Labute approximate surface area is 134 Å². The van der Waals surface area contributed by atoms with Gasteiger partial charge in [-0.05, 0) is 25.1 Å². The van der Waals surface area contributed by atoms with Gasteiger partial charge < -0.3 is 10.1 Å². The van der Waals surface area contributed by atoms with E-state index in [4.69, 9.17) is 9.72 Å². The number of benzene rings is 1. The third kappa shape index (κ3) is 3.10. The summed E-state index contributed by atoms with van der Waals surface area (Å²) in [4.78, 5) is 7.42. The Kier molecular flexibility index (Phi) is 4.52. The molecule has 21 heavy (non-hydrogen) atoms. The summed E-state index contributed by atoms with van der Waals surface area (Å²) >= 11 is 3.64. The Hall–Kier alpha value is -1.04. The number of thioether (sulfide) groups is 1. The predicted molar refractivity (Wildman–Crippen MR) is 89.5 cm³/mol. The van der Waals surface area contributed by atoms with Crippen LogP contribution in [-0.4, -0.2) is 17.8 Å². The first kappa shape index (κ1) is 14.9. The summed E-state index contributed by atoms with van der Waals surface area (Å²) < 4.78 is 6.15. The molecule has 3 nitrogen and oxygen atoms in total. The molecule has 0 saturated carbocycles. The van der Waals surface area contributed by atoms with Crippen LogP contribution in [0.4, 0.5) is 0 Å². The lowest BCUT2D eigenvalue weighted by atomic mass is 10.1. The monoisotopic (exact) mass is 320 g/mol. The number of hydrogen-bond donors (Lipinski definition) is 1. The summed E-state index contributed by atoms with van der Waals surface area (Å²) in [5.41, 5.74) is 1.21. The van der Waals surface area contributed by atoms with Crippen LogP contribution in [0.2, 0.25) is 0 Å². The highest BCUT2D eigenvalue weighted by atomic mass is 32.2. The second-order valence-electron chi connectivity index (χ2n) is 5.41. The molecular weight excluding hydrogens is 300 g/mol. The molecular formula is C16H20N2OS2. The minimum absolute atomic E-state index is 0.0676. The van der Waals surface area contributed by atoms with Gasteiger partial charge in [0.25, 0.3) is 0 Å². The van der Waals surface area contributed by atoms with Crippen LogP contribution in [0.5, 0.6) is 5.75 Å². The molecule has 1 aromatic carbocycles. The number of aromatic nitrogens is 1. The molecule has 0 aliphatic carbocycles. The molecule has 1 unspecified atom stereocenters. The first-order chi connectivity index (χ1) is 10.2. The molecule has 0 amide bonds. The smallest absolute Gasteiger partial charge is 0.159 e. The molecule has 112 valence electrons. The van der Waals surface area contributed by atoms with Gasteiger partial charge in [0, 0.05) is 22.1 Å². The van der Waals surface area contributed by atoms with Crippen LogP contribution in [0, 0.1) is 0 Å². The van der Waals surface area contributed by atoms with E-state index in [1.54, 1.807) is 11.3 Å². The largest absolute Gasteiger partial charge is 0.481 e. The van der Waals surface area contributed by atoms with Crippen LogP contribution in [0.25, 0.3) is 0 Å². The van der Waals surface area contributed by atoms with E-state index < -0.39 is 0 Å². The maximum Gasteiger partial charge on any atom is 0.159 e. The third-order valence-corrected chi connectivity index (χ3v) is 5.69. The van der Waals surface area contributed by atoms with Crippen molar-refractivity contribution >= 4 is 23.1 Å². The Morgan fingerprint density at radius 1 is 1.38 bits per heavy atom. The molecule has 0 spiro atoms. The molecule has 1 aliphatic heterocycles. The summed E-state index contributed by atoms with van der Waals surface area (Å²) in [5.74, 6) is 2.36. The van der Waals surface area contributed by atoms with Gasteiger partial charge in [-0.1, -0.05) is 26.0 Å². The molecule has 0 radical (unpaired) electrons. The average Bonchev–Trinajstić information content (AvgIpc) is 2.91. The van der Waals surface area contributed by atoms with E-state index in [-0.39, 0.29) is 6.10 Å². The highest BCUT2D eigenvalue weighted by Gasteiger charge is 2.26. The van der Waals surface area contributed by atoms with Gasteiger partial charge in [-0.25, -0.2) is 4.98 Å². The Morgan fingerprint density at radius 2 is 2.19 bits per heavy atom. The third-order valence-electron chi connectivity index (χ3n) is 3.41. The van der Waals surface area contributed by atoms with Crippen LogP contribution in [-0.2, 0) is 6.54 Å². The second-order valence-corrected chi connectivity index (χ2v) is 7.59. The standard InChI is InChI=1S/C16H20N2OS2/c1-10(2)15-14(8-17-3)21-16(18-15)12-9-20-13-7-5-4-6-11(13)19-12/h4-7,10,12,17H,8-9H2,1-3H3. The maximum atomic E-state index is 6.15. The summed E-state index contributed by atoms with van der Waals surface area (Å²) in [6.07, 6.45) is 0.0676. The molecule has 2 aromatic rings. The van der Waals surface area contributed by atoms with E-state index in [1.807, 2.05) is 30.9 Å². The van der Waals surface area contributed by atoms with Crippen LogP contribution >= 0.6 is 23.1 Å². The number of rotatable bonds is 4. The molecule has 1 N–H and O–H groups in total. The van der Waals surface area contributed by atoms with Crippen LogP contribution < -0.4 is 10.1 Å². The van der Waals surface area contributed by atoms with Gasteiger partial charge in [0.15, 0.2) is 6.10 Å². The van der Waals surface area contributed by atoms with Gasteiger partial charge in [0.05, 0.1) is 5.69 Å². The molecule has 0 fully saturated rings. The molecule has 1 atom stereocenters. The van der Waals surface area contributed by atoms with Crippen LogP contribution in [0.15, 0.2) is 29.2 Å². The van der Waals surface area contributed by atoms with E-state index in [0.29, 0.717) is 5.92 Å². The zero-order chi connectivity index (χ0) is 14.8. The van der Waals surface area contributed by atoms with Crippen molar-refractivity contribution in [2.75, 3.05) is 12.8 Å². The van der Waals surface area contributed by atoms with Crippen molar-refractivity contribution < 1.29 is 4.74 Å². The van der Waals surface area contributed by atoms with Crippen molar-refractivity contribution in [1.82, 2.24) is 10.3 Å². The summed E-state index contributed by atoms with van der Waals surface area (Å²) in [6.45, 7) is 5.27. The summed E-state index contributed by atoms with van der Waals surface area (Å²) in [6, 6.07) is 8.24. The van der Waals surface area contributed by atoms with Crippen molar-refractivity contribution in [3.05, 3.63) is 39.8 Å². The van der Waals surface area contributed by atoms with Crippen molar-refractivity contribution in [2.24, 2.45) is 0 Å². The highest BCUT2D eigenvalue weighted by molar-refractivity contribution is 7.99. The molecule has 5 heteroatoms. The fourth-order valence-electron chi connectivity index (χ4n) is 2.40. The molecule has 1 aliphatic rings. The van der Waals surface area contributed by atoms with E-state index in [1.165, 1.54) is 15.5 Å². The predicted octanol–water partition coefficient (Wildman–Crippen LogP) is 4.21. The minimum Gasteiger partial charge on any atom is -0.481 e. The summed E-state index contributed by atoms with van der Waals surface area (Å²) in [5, 5.41) is 4.34. The van der Waals surface area contributed by atoms with Crippen molar-refractivity contribution in [2.45, 2.75) is 37.3 Å². The second kappa shape index (κ2) is 6.38. The maximum absolute atomic E-state index is 6.15. The lowest BCUT2D eigenvalue weighted by Crippen LogP contribution is -2.14. The number of para-hydroxylation sites is 1. The lowest BCUT2D eigenvalue weighted by Gasteiger charge is -2.23. The lowest BCUT2D eigenvalue weighted by molar-refractivity contribution is 0.219. The van der Waals surface area contributed by atoms with Crippen molar-refractivity contribution in [3.63, 3.8) is 0 Å². The van der Waals surface area contributed by atoms with Gasteiger partial charge >= 0.3 is 0 Å². The Morgan fingerprint density at radius 3 is 2.95 bits per heavy atom. The first-order valence-corrected chi connectivity index (χ1v) is 9.01. The zero-order valence-electron chi connectivity index (χ0n) is 12.6. The van der Waals surface area contributed by atoms with Crippen molar-refractivity contribution in [1.29, 1.82) is 0 Å². The molecule has 0 saturated heterocycles. The van der Waals surface area contributed by atoms with E-state index in [9.17, 15) is 0 Å². The Bertz CT molecular complexity index is 624. The van der Waals surface area contributed by atoms with Gasteiger partial charge in [-0.15, -0.1) is 23.1 Å². The SMILES string of the molecule is CNCc1sc(C2CSc3ccccc3O2)nc1C(C)C. The number of ether oxygens (including phenoxy) is 1. The van der Waals surface area contributed by atoms with Crippen LogP contribution in [0.1, 0.15) is 41.4 Å². The fraction of sp³-hybridized carbons (Fsp3) is 0.438. The number of hydrogen-bond acceptors (Lipinski definition) is 5. The van der Waals surface area contributed by atoms with E-state index in [2.05, 4.69) is 31.3 Å². The molecule has 2 heterocycles. The minimum atomic E-state index is 0.0676. The zero-order valence-corrected chi connectivity index (χ0v) is 14.2. The number of nitrogens with zero attached hydrogens (tertiary/aromatic N) is 1. The number of thiazole rings is 1. The molecule has 0 bridgehead atoms. The van der Waals surface area contributed by atoms with E-state index >= 15 is 0 Å². The highest BCUT2D eigenvalue weighted by Crippen LogP contribution is 2.41. The van der Waals surface area contributed by atoms with Gasteiger partial charge in [0.1, 0.15) is 10.8 Å². The van der Waals surface area contributed by atoms with Gasteiger partial charge in [-0.2, -0.15) is 0 Å². The van der Waals surface area contributed by atoms with Gasteiger partial charge in [-0.3, -0.25) is 0 Å². The topological polar surface area (TPSA) is 34.1 Å². The number of nitrogens with one attached hydrogen (secondary N) is 1. The van der Waals surface area contributed by atoms with Crippen molar-refractivity contribution in [3.8, 4) is 5.75 Å². The normalized spacial score (nSPS) is 17.6. The molecule has 3 rings (SSSR count). The van der Waals surface area contributed by atoms with Crippen LogP contribution in [0.3, 0.4) is 0 Å². The van der Waals surface area contributed by atoms with E-state index in [0.717, 1.165) is 23.1 Å². The first-order valence-electron chi connectivity index (χ1n) is 7.21. The summed E-state index contributed by atoms with van der Waals surface area (Å²) in [7, 11) is 1.98. The number of fused-ring (bicyclic) bond motifs is 1. The average molecular weight is 320 g/mol. The quantitative estimate of drug-likeness (QED) is 0.915. The fourth-order valence-corrected chi connectivity index (χ4v) is 4.76. The van der Waals surface area contributed by atoms with Gasteiger partial charge in [0.2, 0.25) is 0 Å². The Balaban J connectivity index is 1.86.